The van der Waals surface area contributed by atoms with Crippen LogP contribution in [0.3, 0.4) is 0 Å². The summed E-state index contributed by atoms with van der Waals surface area (Å²) in [4.78, 5) is 18.9. The SMILES string of the molecule is CCNC(=NCC(=O)N(CC)Cc1ccccc1)NCC1(CCO)CCOC1. The second-order valence-electron chi connectivity index (χ2n) is 7.22. The summed E-state index contributed by atoms with van der Waals surface area (Å²) in [7, 11) is 0. The standard InChI is InChI=1S/C21H34N4O3/c1-3-22-20(24-16-21(10-12-26)11-13-28-17-21)23-14-19(27)25(4-2)15-18-8-6-5-7-9-18/h5-9,26H,3-4,10-17H2,1-2H3,(H2,22,23,24). The summed E-state index contributed by atoms with van der Waals surface area (Å²) in [6.07, 6.45) is 1.61. The summed E-state index contributed by atoms with van der Waals surface area (Å²) in [6.45, 7) is 8.18. The monoisotopic (exact) mass is 390 g/mol. The van der Waals surface area contributed by atoms with E-state index in [0.717, 1.165) is 18.6 Å². The van der Waals surface area contributed by atoms with E-state index in [-0.39, 0.29) is 24.5 Å². The molecule has 1 unspecified atom stereocenters. The Hall–Kier alpha value is -2.12. The molecule has 1 amide bonds. The lowest BCUT2D eigenvalue weighted by atomic mass is 9.84. The lowest BCUT2D eigenvalue weighted by Crippen LogP contribution is -2.45. The van der Waals surface area contributed by atoms with Gasteiger partial charge in [0.05, 0.1) is 6.61 Å². The van der Waals surface area contributed by atoms with Gasteiger partial charge in [0.1, 0.15) is 6.54 Å². The minimum atomic E-state index is -0.0717. The fourth-order valence-electron chi connectivity index (χ4n) is 3.35. The van der Waals surface area contributed by atoms with Gasteiger partial charge in [-0.2, -0.15) is 0 Å². The van der Waals surface area contributed by atoms with Crippen molar-refractivity contribution in [2.75, 3.05) is 46.0 Å². The van der Waals surface area contributed by atoms with Crippen LogP contribution in [0.5, 0.6) is 0 Å². The first-order valence-electron chi connectivity index (χ1n) is 10.1. The van der Waals surface area contributed by atoms with Crippen LogP contribution in [0.2, 0.25) is 0 Å². The van der Waals surface area contributed by atoms with Gasteiger partial charge in [0.15, 0.2) is 5.96 Å². The molecule has 0 radical (unpaired) electrons. The Balaban J connectivity index is 1.93. The van der Waals surface area contributed by atoms with Crippen molar-refractivity contribution in [2.45, 2.75) is 33.2 Å². The van der Waals surface area contributed by atoms with Gasteiger partial charge >= 0.3 is 0 Å². The molecule has 1 aromatic rings. The van der Waals surface area contributed by atoms with E-state index in [4.69, 9.17) is 4.74 Å². The summed E-state index contributed by atoms with van der Waals surface area (Å²) in [5.74, 6) is 0.619. The minimum absolute atomic E-state index is 0.00201. The molecule has 3 N–H and O–H groups in total. The maximum atomic E-state index is 12.6. The fourth-order valence-corrected chi connectivity index (χ4v) is 3.35. The number of carbonyl (C=O) groups is 1. The number of guanidine groups is 1. The summed E-state index contributed by atoms with van der Waals surface area (Å²) in [5, 5.41) is 15.9. The van der Waals surface area contributed by atoms with Crippen molar-refractivity contribution >= 4 is 11.9 Å². The molecule has 1 aliphatic rings. The molecule has 0 spiro atoms. The lowest BCUT2D eigenvalue weighted by Gasteiger charge is -2.27. The maximum absolute atomic E-state index is 12.6. The highest BCUT2D eigenvalue weighted by atomic mass is 16.5. The normalized spacial score (nSPS) is 19.5. The molecule has 1 aromatic carbocycles. The van der Waals surface area contributed by atoms with Crippen LogP contribution < -0.4 is 10.6 Å². The molecule has 1 aliphatic heterocycles. The minimum Gasteiger partial charge on any atom is -0.396 e. The third-order valence-electron chi connectivity index (χ3n) is 5.13. The quantitative estimate of drug-likeness (QED) is 0.415. The molecule has 1 atom stereocenters. The first-order valence-corrected chi connectivity index (χ1v) is 10.1. The lowest BCUT2D eigenvalue weighted by molar-refractivity contribution is -0.130. The predicted molar refractivity (Wildman–Crippen MR) is 111 cm³/mol. The maximum Gasteiger partial charge on any atom is 0.244 e. The van der Waals surface area contributed by atoms with Crippen LogP contribution in [0, 0.1) is 5.41 Å². The Labute approximate surface area is 168 Å². The second kappa shape index (κ2) is 11.7. The molecule has 0 aliphatic carbocycles. The van der Waals surface area contributed by atoms with Crippen molar-refractivity contribution < 1.29 is 14.6 Å². The third kappa shape index (κ3) is 6.80. The molecular weight excluding hydrogens is 356 g/mol. The van der Waals surface area contributed by atoms with Crippen molar-refractivity contribution in [1.82, 2.24) is 15.5 Å². The van der Waals surface area contributed by atoms with Gasteiger partial charge in [0, 0.05) is 44.8 Å². The van der Waals surface area contributed by atoms with Crippen LogP contribution in [0.25, 0.3) is 0 Å². The average Bonchev–Trinajstić information content (AvgIpc) is 3.18. The van der Waals surface area contributed by atoms with Gasteiger partial charge < -0.3 is 25.4 Å². The van der Waals surface area contributed by atoms with Crippen molar-refractivity contribution in [2.24, 2.45) is 10.4 Å². The largest absolute Gasteiger partial charge is 0.396 e. The number of benzene rings is 1. The third-order valence-corrected chi connectivity index (χ3v) is 5.13. The number of nitrogens with zero attached hydrogens (tertiary/aromatic N) is 2. The smallest absolute Gasteiger partial charge is 0.244 e. The first-order chi connectivity index (χ1) is 13.6. The molecule has 1 fully saturated rings. The Morgan fingerprint density at radius 2 is 2.07 bits per heavy atom. The number of rotatable bonds is 10. The molecule has 156 valence electrons. The van der Waals surface area contributed by atoms with Crippen molar-refractivity contribution in [3.63, 3.8) is 0 Å². The number of aliphatic hydroxyl groups excluding tert-OH is 1. The summed E-state index contributed by atoms with van der Waals surface area (Å²) in [5.41, 5.74) is 1.04. The van der Waals surface area contributed by atoms with E-state index in [1.807, 2.05) is 44.2 Å². The molecule has 1 saturated heterocycles. The van der Waals surface area contributed by atoms with Crippen LogP contribution >= 0.6 is 0 Å². The van der Waals surface area contributed by atoms with E-state index in [1.165, 1.54) is 0 Å². The van der Waals surface area contributed by atoms with Crippen molar-refractivity contribution in [3.05, 3.63) is 35.9 Å². The van der Waals surface area contributed by atoms with Crippen LogP contribution in [0.1, 0.15) is 32.3 Å². The second-order valence-corrected chi connectivity index (χ2v) is 7.22. The summed E-state index contributed by atoms with van der Waals surface area (Å²) >= 11 is 0. The highest BCUT2D eigenvalue weighted by Gasteiger charge is 2.34. The van der Waals surface area contributed by atoms with Crippen LogP contribution in [0.15, 0.2) is 35.3 Å². The van der Waals surface area contributed by atoms with Gasteiger partial charge in [0.25, 0.3) is 0 Å². The van der Waals surface area contributed by atoms with E-state index in [9.17, 15) is 9.90 Å². The molecule has 1 heterocycles. The number of carbonyl (C=O) groups excluding carboxylic acids is 1. The highest BCUT2D eigenvalue weighted by molar-refractivity contribution is 5.85. The fraction of sp³-hybridized carbons (Fsp3) is 0.619. The molecule has 0 saturated carbocycles. The zero-order chi connectivity index (χ0) is 20.2. The summed E-state index contributed by atoms with van der Waals surface area (Å²) in [6, 6.07) is 9.98. The topological polar surface area (TPSA) is 86.2 Å². The number of aliphatic imine (C=N–C) groups is 1. The van der Waals surface area contributed by atoms with Gasteiger partial charge in [0.2, 0.25) is 5.91 Å². The predicted octanol–water partition coefficient (Wildman–Crippen LogP) is 1.38. The average molecular weight is 391 g/mol. The molecule has 0 bridgehead atoms. The number of aliphatic hydroxyl groups is 1. The van der Waals surface area contributed by atoms with Crippen LogP contribution in [0.4, 0.5) is 0 Å². The van der Waals surface area contributed by atoms with Gasteiger partial charge in [-0.3, -0.25) is 4.79 Å². The summed E-state index contributed by atoms with van der Waals surface area (Å²) < 4.78 is 5.53. The van der Waals surface area contributed by atoms with Gasteiger partial charge in [-0.15, -0.1) is 0 Å². The Kier molecular flexibility index (Phi) is 9.23. The number of amides is 1. The first kappa shape index (κ1) is 22.2. The van der Waals surface area contributed by atoms with Gasteiger partial charge in [-0.25, -0.2) is 4.99 Å². The van der Waals surface area contributed by atoms with Gasteiger partial charge in [-0.1, -0.05) is 30.3 Å². The molecule has 0 aromatic heterocycles. The van der Waals surface area contributed by atoms with E-state index < -0.39 is 0 Å². The van der Waals surface area contributed by atoms with Crippen LogP contribution in [-0.4, -0.2) is 67.9 Å². The van der Waals surface area contributed by atoms with E-state index in [2.05, 4.69) is 15.6 Å². The van der Waals surface area contributed by atoms with Crippen molar-refractivity contribution in [1.29, 1.82) is 0 Å². The Bertz CT molecular complexity index is 615. The zero-order valence-electron chi connectivity index (χ0n) is 17.1. The Morgan fingerprint density at radius 1 is 1.29 bits per heavy atom. The number of hydrogen-bond donors (Lipinski definition) is 3. The molecule has 28 heavy (non-hydrogen) atoms. The molecule has 7 nitrogen and oxygen atoms in total. The molecular formula is C21H34N4O3. The number of ether oxygens (including phenoxy) is 1. The number of hydrogen-bond acceptors (Lipinski definition) is 4. The number of nitrogens with one attached hydrogen (secondary N) is 2. The van der Waals surface area contributed by atoms with E-state index >= 15 is 0 Å². The number of likely N-dealkylation sites (N-methyl/N-ethyl adjacent to an activating group) is 1. The molecule has 7 heteroatoms. The Morgan fingerprint density at radius 3 is 2.68 bits per heavy atom. The molecule has 2 rings (SSSR count). The van der Waals surface area contributed by atoms with E-state index in [1.54, 1.807) is 4.90 Å². The van der Waals surface area contributed by atoms with Crippen molar-refractivity contribution in [3.8, 4) is 0 Å². The van der Waals surface area contributed by atoms with Crippen LogP contribution in [-0.2, 0) is 16.1 Å². The van der Waals surface area contributed by atoms with Gasteiger partial charge in [-0.05, 0) is 32.3 Å². The zero-order valence-corrected chi connectivity index (χ0v) is 17.1. The van der Waals surface area contributed by atoms with E-state index in [0.29, 0.717) is 45.2 Å². The highest BCUT2D eigenvalue weighted by Crippen LogP contribution is 2.31.